The van der Waals surface area contributed by atoms with Gasteiger partial charge in [-0.05, 0) is 69.7 Å². The molecule has 9 nitrogen and oxygen atoms in total. The summed E-state index contributed by atoms with van der Waals surface area (Å²) in [4.78, 5) is 37.9. The smallest absolute Gasteiger partial charge is 0.481 e. The fraction of sp³-hybridized carbons (Fsp3) is 0.480. The van der Waals surface area contributed by atoms with Crippen LogP contribution in [0.2, 0.25) is 0 Å². The Morgan fingerprint density at radius 2 is 1.75 bits per heavy atom. The highest BCUT2D eigenvalue weighted by atomic mass is 31.3. The molecule has 0 radical (unpaired) electrons. The van der Waals surface area contributed by atoms with Gasteiger partial charge in [-0.25, -0.2) is 9.13 Å². The Morgan fingerprint density at radius 1 is 1.11 bits per heavy atom. The van der Waals surface area contributed by atoms with Gasteiger partial charge >= 0.3 is 15.6 Å². The number of allylic oxidation sites excluding steroid dienone is 2. The van der Waals surface area contributed by atoms with E-state index in [1.54, 1.807) is 24.3 Å². The highest BCUT2D eigenvalue weighted by Gasteiger charge is 2.32. The fourth-order valence-electron chi connectivity index (χ4n) is 3.37. The lowest BCUT2D eigenvalue weighted by Gasteiger charge is -2.31. The van der Waals surface area contributed by atoms with E-state index in [2.05, 4.69) is 34.7 Å². The van der Waals surface area contributed by atoms with Crippen LogP contribution in [0, 0.1) is 17.8 Å². The van der Waals surface area contributed by atoms with Gasteiger partial charge in [0.25, 0.3) is 0 Å². The second-order valence-electron chi connectivity index (χ2n) is 9.48. The zero-order chi connectivity index (χ0) is 27.8. The van der Waals surface area contributed by atoms with Crippen molar-refractivity contribution in [3.63, 3.8) is 0 Å². The molecule has 3 N–H and O–H groups in total. The number of phosphoric ester groups is 1. The van der Waals surface area contributed by atoms with Crippen LogP contribution in [0.1, 0.15) is 76.7 Å². The average Bonchev–Trinajstić information content (AvgIpc) is 2.74. The number of benzene rings is 1. The summed E-state index contributed by atoms with van der Waals surface area (Å²) in [5.74, 6) is 3.03. The number of carbonyl (C=O) groups excluding carboxylic acids is 1. The molecule has 11 heteroatoms. The highest BCUT2D eigenvalue weighted by molar-refractivity contribution is 7.60. The summed E-state index contributed by atoms with van der Waals surface area (Å²) in [5.41, 5.74) is 2.06. The second-order valence-corrected chi connectivity index (χ2v) is 12.3. The van der Waals surface area contributed by atoms with Crippen molar-refractivity contribution in [2.45, 2.75) is 66.4 Å². The van der Waals surface area contributed by atoms with E-state index >= 15 is 0 Å². The first-order valence-corrected chi connectivity index (χ1v) is 14.3. The molecular formula is C25H36O9P2. The Balaban J connectivity index is 2.88. The molecule has 1 aromatic rings. The topological polar surface area (TPSA) is 140 Å². The van der Waals surface area contributed by atoms with E-state index in [9.17, 15) is 18.8 Å². The minimum atomic E-state index is -5.15. The van der Waals surface area contributed by atoms with E-state index in [1.165, 1.54) is 0 Å². The van der Waals surface area contributed by atoms with Gasteiger partial charge < -0.3 is 19.4 Å². The largest absolute Gasteiger partial charge is 0.483 e. The van der Waals surface area contributed by atoms with Crippen molar-refractivity contribution in [3.05, 3.63) is 52.6 Å². The number of terminal acetylenes is 1. The van der Waals surface area contributed by atoms with Crippen LogP contribution < -0.4 is 4.74 Å². The number of ether oxygens (including phenoxy) is 1. The zero-order valence-electron chi connectivity index (χ0n) is 21.6. The lowest BCUT2D eigenvalue weighted by atomic mass is 9.77. The average molecular weight is 543 g/mol. The zero-order valence-corrected chi connectivity index (χ0v) is 23.3. The number of carbonyl (C=O) groups is 1. The first-order valence-electron chi connectivity index (χ1n) is 11.3. The molecule has 1 rings (SSSR count). The summed E-state index contributed by atoms with van der Waals surface area (Å²) < 4.78 is 36.9. The van der Waals surface area contributed by atoms with Crippen LogP contribution in [-0.4, -0.2) is 33.2 Å². The van der Waals surface area contributed by atoms with Crippen molar-refractivity contribution in [2.75, 3.05) is 6.61 Å². The summed E-state index contributed by atoms with van der Waals surface area (Å²) in [6.07, 6.45) is 12.1. The van der Waals surface area contributed by atoms with Crippen LogP contribution in [0.5, 0.6) is 5.75 Å². The summed E-state index contributed by atoms with van der Waals surface area (Å²) in [6.45, 7) is 11.5. The molecule has 0 aliphatic heterocycles. The third-order valence-corrected chi connectivity index (χ3v) is 8.05. The lowest BCUT2D eigenvalue weighted by Crippen LogP contribution is -2.30. The van der Waals surface area contributed by atoms with Crippen molar-refractivity contribution < 1.29 is 42.2 Å². The third-order valence-electron chi connectivity index (χ3n) is 5.89. The Labute approximate surface area is 213 Å². The molecular weight excluding hydrogens is 506 g/mol. The Morgan fingerprint density at radius 3 is 2.28 bits per heavy atom. The Bertz CT molecular complexity index is 1120. The summed E-state index contributed by atoms with van der Waals surface area (Å²) >= 11 is 0. The van der Waals surface area contributed by atoms with Gasteiger partial charge in [-0.1, -0.05) is 43.9 Å². The first kappa shape index (κ1) is 32.0. The van der Waals surface area contributed by atoms with Gasteiger partial charge in [0.05, 0.1) is 6.61 Å². The molecule has 0 saturated heterocycles. The molecule has 2 atom stereocenters. The molecule has 0 saturated carbocycles. The van der Waals surface area contributed by atoms with E-state index in [-0.39, 0.29) is 12.0 Å². The molecule has 1 aromatic carbocycles. The number of phosphoric acid groups is 2. The van der Waals surface area contributed by atoms with Crippen molar-refractivity contribution in [1.82, 2.24) is 0 Å². The van der Waals surface area contributed by atoms with Gasteiger partial charge in [-0.15, -0.1) is 6.42 Å². The Kier molecular flexibility index (Phi) is 11.5. The van der Waals surface area contributed by atoms with Crippen molar-refractivity contribution in [3.8, 4) is 18.1 Å². The molecule has 0 aromatic heterocycles. The molecule has 0 spiro atoms. The standard InChI is InChI=1S/C25H36O9P2/c1-8-21-14-22(18-26)16-23(15-21)33-24(5,6)20(4)10-12-25(7,9-2)17-19(3)11-13-32-36(30,31)34-35(27,28)29/h1,10-11,14-16,18H,9,12-13,17H2,2-7H3,(H,30,31)(H2,27,28,29). The number of hydrogen-bond donors (Lipinski definition) is 3. The van der Waals surface area contributed by atoms with E-state index in [0.29, 0.717) is 23.3 Å². The lowest BCUT2D eigenvalue weighted by molar-refractivity contribution is 0.112. The fourth-order valence-corrected chi connectivity index (χ4v) is 4.90. The number of aldehydes is 1. The molecule has 0 aliphatic carbocycles. The normalized spacial score (nSPS) is 16.6. The maximum Gasteiger partial charge on any atom is 0.481 e. The van der Waals surface area contributed by atoms with Crippen LogP contribution in [0.4, 0.5) is 0 Å². The van der Waals surface area contributed by atoms with Gasteiger partial charge in [0.2, 0.25) is 0 Å². The molecule has 0 heterocycles. The summed E-state index contributed by atoms with van der Waals surface area (Å²) in [5, 5.41) is 0. The summed E-state index contributed by atoms with van der Waals surface area (Å²) in [6, 6.07) is 4.98. The van der Waals surface area contributed by atoms with Crippen LogP contribution in [-0.2, 0) is 18.0 Å². The maximum absolute atomic E-state index is 11.6. The first-order chi connectivity index (χ1) is 16.4. The van der Waals surface area contributed by atoms with E-state index in [0.717, 1.165) is 30.3 Å². The molecule has 200 valence electrons. The van der Waals surface area contributed by atoms with Crippen LogP contribution >= 0.6 is 15.6 Å². The minimum Gasteiger partial charge on any atom is -0.483 e. The highest BCUT2D eigenvalue weighted by Crippen LogP contribution is 2.57. The molecule has 2 unspecified atom stereocenters. The molecule has 0 aliphatic rings. The molecule has 0 fully saturated rings. The quantitative estimate of drug-likeness (QED) is 0.113. The predicted octanol–water partition coefficient (Wildman–Crippen LogP) is 5.95. The second kappa shape index (κ2) is 13.0. The van der Waals surface area contributed by atoms with E-state index < -0.39 is 21.2 Å². The van der Waals surface area contributed by atoms with E-state index in [4.69, 9.17) is 20.9 Å². The summed E-state index contributed by atoms with van der Waals surface area (Å²) in [7, 11) is -10.0. The van der Waals surface area contributed by atoms with Gasteiger partial charge in [0.1, 0.15) is 17.6 Å². The van der Waals surface area contributed by atoms with Gasteiger partial charge in [-0.3, -0.25) is 9.32 Å². The minimum absolute atomic E-state index is 0.142. The van der Waals surface area contributed by atoms with Crippen LogP contribution in [0.15, 0.2) is 41.5 Å². The van der Waals surface area contributed by atoms with Crippen LogP contribution in [0.3, 0.4) is 0 Å². The molecule has 0 bridgehead atoms. The van der Waals surface area contributed by atoms with Crippen molar-refractivity contribution in [2.24, 2.45) is 5.41 Å². The predicted molar refractivity (Wildman–Crippen MR) is 139 cm³/mol. The molecule has 0 amide bonds. The monoisotopic (exact) mass is 542 g/mol. The van der Waals surface area contributed by atoms with Crippen molar-refractivity contribution >= 4 is 21.9 Å². The number of hydrogen-bond acceptors (Lipinski definition) is 6. The third kappa shape index (κ3) is 11.4. The van der Waals surface area contributed by atoms with E-state index in [1.807, 2.05) is 27.7 Å². The molecule has 36 heavy (non-hydrogen) atoms. The Hall–Kier alpha value is -2.01. The number of rotatable bonds is 14. The van der Waals surface area contributed by atoms with Gasteiger partial charge in [0.15, 0.2) is 0 Å². The van der Waals surface area contributed by atoms with Crippen LogP contribution in [0.25, 0.3) is 0 Å². The maximum atomic E-state index is 11.6. The SMILES string of the molecule is C#Cc1cc(C=O)cc(OC(C)(C)C(C)=CCC(C)(CC)CC(C)=CCOP(=O)(O)OP(=O)(O)O)c1. The van der Waals surface area contributed by atoms with Crippen molar-refractivity contribution in [1.29, 1.82) is 0 Å². The van der Waals surface area contributed by atoms with Gasteiger partial charge in [-0.2, -0.15) is 4.31 Å². The van der Waals surface area contributed by atoms with Gasteiger partial charge in [0, 0.05) is 11.1 Å².